The summed E-state index contributed by atoms with van der Waals surface area (Å²) in [6.07, 6.45) is 0. The van der Waals surface area contributed by atoms with Gasteiger partial charge in [-0.25, -0.2) is 4.39 Å². The molecule has 0 bridgehead atoms. The lowest BCUT2D eigenvalue weighted by atomic mass is 10.0. The van der Waals surface area contributed by atoms with Crippen molar-refractivity contribution in [3.63, 3.8) is 0 Å². The molecule has 1 aromatic rings. The fourth-order valence-electron chi connectivity index (χ4n) is 1.30. The molecule has 0 spiro atoms. The third-order valence-electron chi connectivity index (χ3n) is 2.76. The molecule has 2 atom stereocenters. The molecule has 0 radical (unpaired) electrons. The zero-order valence-electron chi connectivity index (χ0n) is 10.1. The average Bonchev–Trinajstić information content (AvgIpc) is 2.31. The van der Waals surface area contributed by atoms with E-state index in [0.717, 1.165) is 6.07 Å². The normalized spacial score (nSPS) is 13.7. The molecule has 4 N–H and O–H groups in total. The number of nitrogens with two attached hydrogens (primary N) is 1. The number of carbonyl (C=O) groups is 2. The van der Waals surface area contributed by atoms with E-state index in [1.165, 1.54) is 19.1 Å². The lowest BCUT2D eigenvalue weighted by molar-refractivity contribution is -0.141. The fraction of sp³-hybridized carbons (Fsp3) is 0.333. The number of aliphatic carboxylic acids is 1. The number of hydrogen-bond donors (Lipinski definition) is 3. The van der Waals surface area contributed by atoms with Gasteiger partial charge in [0.2, 0.25) is 0 Å². The number of benzene rings is 1. The van der Waals surface area contributed by atoms with E-state index < -0.39 is 29.7 Å². The summed E-state index contributed by atoms with van der Waals surface area (Å²) in [5.41, 5.74) is 5.35. The van der Waals surface area contributed by atoms with Crippen LogP contribution in [-0.2, 0) is 4.79 Å². The third-order valence-corrected chi connectivity index (χ3v) is 2.76. The number of anilines is 1. The maximum Gasteiger partial charge on any atom is 0.308 e. The van der Waals surface area contributed by atoms with Gasteiger partial charge in [0.15, 0.2) is 0 Å². The molecule has 18 heavy (non-hydrogen) atoms. The van der Waals surface area contributed by atoms with E-state index in [0.29, 0.717) is 0 Å². The van der Waals surface area contributed by atoms with Crippen LogP contribution in [0.4, 0.5) is 10.1 Å². The van der Waals surface area contributed by atoms with Crippen LogP contribution in [0.25, 0.3) is 0 Å². The number of nitrogen functional groups attached to an aromatic ring is 1. The Kier molecular flexibility index (Phi) is 4.25. The Labute approximate surface area is 104 Å². The molecule has 0 heterocycles. The number of hydrogen-bond acceptors (Lipinski definition) is 3. The minimum absolute atomic E-state index is 0.0431. The standard InChI is InChI=1S/C12H15FN2O3/c1-6(12(17)18)7(2)15-11(16)8-3-4-10(14)9(13)5-8/h3-7H,14H2,1-2H3,(H,15,16)(H,17,18). The molecule has 2 unspecified atom stereocenters. The first-order valence-electron chi connectivity index (χ1n) is 5.41. The molecule has 0 aliphatic carbocycles. The largest absolute Gasteiger partial charge is 0.481 e. The molecule has 1 aromatic carbocycles. The lowest BCUT2D eigenvalue weighted by Gasteiger charge is -2.17. The smallest absolute Gasteiger partial charge is 0.308 e. The highest BCUT2D eigenvalue weighted by molar-refractivity contribution is 5.95. The molecule has 0 saturated heterocycles. The minimum atomic E-state index is -1.01. The minimum Gasteiger partial charge on any atom is -0.481 e. The molecule has 98 valence electrons. The Morgan fingerprint density at radius 3 is 2.50 bits per heavy atom. The fourth-order valence-corrected chi connectivity index (χ4v) is 1.30. The second kappa shape index (κ2) is 5.48. The topological polar surface area (TPSA) is 92.4 Å². The van der Waals surface area contributed by atoms with Crippen LogP contribution in [0, 0.1) is 11.7 Å². The first-order chi connectivity index (χ1) is 8.32. The van der Waals surface area contributed by atoms with Gasteiger partial charge in [-0.2, -0.15) is 0 Å². The Morgan fingerprint density at radius 1 is 1.39 bits per heavy atom. The predicted molar refractivity (Wildman–Crippen MR) is 64.5 cm³/mol. The van der Waals surface area contributed by atoms with Crippen LogP contribution in [0.1, 0.15) is 24.2 Å². The number of carboxylic acid groups (broad SMARTS) is 1. The Balaban J connectivity index is 2.76. The van der Waals surface area contributed by atoms with Crippen molar-refractivity contribution in [3.05, 3.63) is 29.6 Å². The van der Waals surface area contributed by atoms with Gasteiger partial charge in [0.1, 0.15) is 5.82 Å². The first-order valence-corrected chi connectivity index (χ1v) is 5.41. The molecule has 1 amide bonds. The van der Waals surface area contributed by atoms with Crippen molar-refractivity contribution in [3.8, 4) is 0 Å². The molecule has 0 saturated carbocycles. The van der Waals surface area contributed by atoms with E-state index in [-0.39, 0.29) is 11.3 Å². The van der Waals surface area contributed by atoms with Gasteiger partial charge in [-0.05, 0) is 32.0 Å². The summed E-state index contributed by atoms with van der Waals surface area (Å²) in [6, 6.07) is 3.13. The number of nitrogens with one attached hydrogen (secondary N) is 1. The number of carbonyl (C=O) groups excluding carboxylic acids is 1. The van der Waals surface area contributed by atoms with Gasteiger partial charge in [0.25, 0.3) is 5.91 Å². The monoisotopic (exact) mass is 254 g/mol. The highest BCUT2D eigenvalue weighted by Gasteiger charge is 2.21. The maximum absolute atomic E-state index is 13.2. The SMILES string of the molecule is CC(NC(=O)c1ccc(N)c(F)c1)C(C)C(=O)O. The van der Waals surface area contributed by atoms with Crippen molar-refractivity contribution in [1.82, 2.24) is 5.32 Å². The molecule has 1 rings (SSSR count). The molecule has 5 nitrogen and oxygen atoms in total. The molecule has 0 fully saturated rings. The molecular formula is C12H15FN2O3. The van der Waals surface area contributed by atoms with E-state index in [1.807, 2.05) is 0 Å². The Hall–Kier alpha value is -2.11. The summed E-state index contributed by atoms with van der Waals surface area (Å²) in [5, 5.41) is 11.3. The van der Waals surface area contributed by atoms with Gasteiger partial charge in [-0.3, -0.25) is 9.59 Å². The summed E-state index contributed by atoms with van der Waals surface area (Å²) in [7, 11) is 0. The van der Waals surface area contributed by atoms with Crippen LogP contribution in [0.15, 0.2) is 18.2 Å². The highest BCUT2D eigenvalue weighted by atomic mass is 19.1. The molecule has 0 aromatic heterocycles. The van der Waals surface area contributed by atoms with E-state index in [2.05, 4.69) is 5.32 Å². The maximum atomic E-state index is 13.2. The summed E-state index contributed by atoms with van der Waals surface area (Å²) in [4.78, 5) is 22.5. The Morgan fingerprint density at radius 2 is 2.00 bits per heavy atom. The second-order valence-corrected chi connectivity index (χ2v) is 4.13. The van der Waals surface area contributed by atoms with Crippen LogP contribution in [0.5, 0.6) is 0 Å². The van der Waals surface area contributed by atoms with Crippen LogP contribution >= 0.6 is 0 Å². The van der Waals surface area contributed by atoms with Gasteiger partial charge in [0, 0.05) is 11.6 Å². The molecular weight excluding hydrogens is 239 g/mol. The predicted octanol–water partition coefficient (Wildman–Crippen LogP) is 1.25. The van der Waals surface area contributed by atoms with Crippen LogP contribution < -0.4 is 11.1 Å². The number of halogens is 1. The van der Waals surface area contributed by atoms with Crippen molar-refractivity contribution in [2.75, 3.05) is 5.73 Å². The number of carboxylic acids is 1. The quantitative estimate of drug-likeness (QED) is 0.705. The van der Waals surface area contributed by atoms with Crippen LogP contribution in [-0.4, -0.2) is 23.0 Å². The van der Waals surface area contributed by atoms with Gasteiger partial charge in [-0.15, -0.1) is 0 Å². The number of amides is 1. The van der Waals surface area contributed by atoms with E-state index in [1.54, 1.807) is 6.92 Å². The number of rotatable bonds is 4. The van der Waals surface area contributed by atoms with Crippen LogP contribution in [0.2, 0.25) is 0 Å². The zero-order valence-corrected chi connectivity index (χ0v) is 10.1. The van der Waals surface area contributed by atoms with Gasteiger partial charge >= 0.3 is 5.97 Å². The second-order valence-electron chi connectivity index (χ2n) is 4.13. The summed E-state index contributed by atoms with van der Waals surface area (Å²) in [5.74, 6) is -2.95. The van der Waals surface area contributed by atoms with Gasteiger partial charge < -0.3 is 16.2 Å². The van der Waals surface area contributed by atoms with Crippen molar-refractivity contribution in [2.24, 2.45) is 5.92 Å². The first kappa shape index (κ1) is 14.0. The van der Waals surface area contributed by atoms with Gasteiger partial charge in [-0.1, -0.05) is 0 Å². The zero-order chi connectivity index (χ0) is 13.9. The van der Waals surface area contributed by atoms with E-state index in [9.17, 15) is 14.0 Å². The average molecular weight is 254 g/mol. The van der Waals surface area contributed by atoms with Crippen LogP contribution in [0.3, 0.4) is 0 Å². The molecule has 0 aliphatic rings. The molecule has 6 heteroatoms. The summed E-state index contributed by atoms with van der Waals surface area (Å²) >= 11 is 0. The molecule has 0 aliphatic heterocycles. The summed E-state index contributed by atoms with van der Waals surface area (Å²) in [6.45, 7) is 3.06. The van der Waals surface area contributed by atoms with E-state index >= 15 is 0 Å². The Bertz CT molecular complexity index is 476. The third kappa shape index (κ3) is 3.19. The van der Waals surface area contributed by atoms with Crippen molar-refractivity contribution < 1.29 is 19.1 Å². The van der Waals surface area contributed by atoms with Crippen molar-refractivity contribution >= 4 is 17.6 Å². The highest BCUT2D eigenvalue weighted by Crippen LogP contribution is 2.12. The summed E-state index contributed by atoms with van der Waals surface area (Å²) < 4.78 is 13.2. The van der Waals surface area contributed by atoms with Crippen molar-refractivity contribution in [2.45, 2.75) is 19.9 Å². The lowest BCUT2D eigenvalue weighted by Crippen LogP contribution is -2.40. The van der Waals surface area contributed by atoms with Gasteiger partial charge in [0.05, 0.1) is 11.6 Å². The van der Waals surface area contributed by atoms with E-state index in [4.69, 9.17) is 10.8 Å². The van der Waals surface area contributed by atoms with Crippen molar-refractivity contribution in [1.29, 1.82) is 0 Å².